The van der Waals surface area contributed by atoms with Crippen molar-refractivity contribution in [2.75, 3.05) is 27.2 Å². The minimum Gasteiger partial charge on any atom is -0.466 e. The molecule has 0 unspecified atom stereocenters. The molecule has 300 valence electrons. The number of aryl methyl sites for hydroxylation is 3. The number of nitrogens with one attached hydrogen (secondary N) is 2. The molecule has 3 aromatic rings. The Morgan fingerprint density at radius 3 is 2.25 bits per heavy atom. The lowest BCUT2D eigenvalue weighted by molar-refractivity contribution is -0.144. The monoisotopic (exact) mass is 779 g/mol. The van der Waals surface area contributed by atoms with Gasteiger partial charge in [0.2, 0.25) is 5.91 Å². The molecule has 55 heavy (non-hydrogen) atoms. The van der Waals surface area contributed by atoms with E-state index in [4.69, 9.17) is 4.74 Å². The van der Waals surface area contributed by atoms with Crippen molar-refractivity contribution in [2.24, 2.45) is 0 Å². The predicted molar refractivity (Wildman–Crippen MR) is 198 cm³/mol. The van der Waals surface area contributed by atoms with E-state index in [1.54, 1.807) is 32.0 Å². The summed E-state index contributed by atoms with van der Waals surface area (Å²) in [4.78, 5) is 44.3. The van der Waals surface area contributed by atoms with Crippen LogP contribution in [0.5, 0.6) is 0 Å². The van der Waals surface area contributed by atoms with Crippen molar-refractivity contribution in [3.05, 3.63) is 117 Å². The second kappa shape index (κ2) is 20.3. The number of rotatable bonds is 20. The van der Waals surface area contributed by atoms with Crippen molar-refractivity contribution in [3.63, 3.8) is 0 Å². The number of benzene rings is 2. The Hall–Kier alpha value is -4.72. The topological polar surface area (TPSA) is 91.5 Å². The summed E-state index contributed by atoms with van der Waals surface area (Å²) in [6.45, 7) is 10.6. The largest absolute Gasteiger partial charge is 0.466 e. The number of pyridine rings is 1. The Labute approximate surface area is 316 Å². The van der Waals surface area contributed by atoms with Crippen LogP contribution in [0.4, 0.5) is 30.7 Å². The number of amides is 1. The van der Waals surface area contributed by atoms with E-state index in [2.05, 4.69) is 23.5 Å². The molecule has 1 aromatic heterocycles. The van der Waals surface area contributed by atoms with Gasteiger partial charge in [0.1, 0.15) is 11.6 Å². The number of halogens is 7. The molecular formula is C41H48F7N3O4. The van der Waals surface area contributed by atoms with Crippen molar-refractivity contribution >= 4 is 11.9 Å². The molecule has 1 heterocycles. The first-order valence-electron chi connectivity index (χ1n) is 18.0. The average molecular weight is 780 g/mol. The number of hydrogen-bond donors (Lipinski definition) is 2. The van der Waals surface area contributed by atoms with E-state index < -0.39 is 88.7 Å². The van der Waals surface area contributed by atoms with Gasteiger partial charge in [0.15, 0.2) is 0 Å². The second-order valence-electron chi connectivity index (χ2n) is 13.5. The highest BCUT2D eigenvalue weighted by molar-refractivity contribution is 5.85. The van der Waals surface area contributed by atoms with Crippen LogP contribution in [0.2, 0.25) is 0 Å². The van der Waals surface area contributed by atoms with Crippen molar-refractivity contribution < 1.29 is 45.1 Å². The van der Waals surface area contributed by atoms with Crippen LogP contribution in [0.1, 0.15) is 103 Å². The van der Waals surface area contributed by atoms with Gasteiger partial charge in [-0.15, -0.1) is 13.2 Å². The molecule has 0 saturated carbocycles. The van der Waals surface area contributed by atoms with Crippen LogP contribution in [0.15, 0.2) is 60.6 Å². The summed E-state index contributed by atoms with van der Waals surface area (Å²) in [6.07, 6.45) is -3.48. The van der Waals surface area contributed by atoms with E-state index in [0.29, 0.717) is 48.9 Å². The first-order valence-corrected chi connectivity index (χ1v) is 18.0. The molecule has 0 spiro atoms. The molecule has 0 fully saturated rings. The van der Waals surface area contributed by atoms with Crippen LogP contribution in [-0.2, 0) is 33.3 Å². The molecular weight excluding hydrogens is 731 g/mol. The molecule has 0 aliphatic rings. The van der Waals surface area contributed by atoms with Crippen molar-refractivity contribution in [3.8, 4) is 11.1 Å². The highest BCUT2D eigenvalue weighted by atomic mass is 19.4. The minimum absolute atomic E-state index is 0.0369. The maximum atomic E-state index is 16.2. The Balaban J connectivity index is 2.27. The van der Waals surface area contributed by atoms with Gasteiger partial charge in [-0.25, -0.2) is 17.6 Å². The fraction of sp³-hybridized carbons (Fsp3) is 0.439. The van der Waals surface area contributed by atoms with E-state index >= 15 is 4.39 Å². The summed E-state index contributed by atoms with van der Waals surface area (Å²) in [6, 6.07) is 2.75. The van der Waals surface area contributed by atoms with E-state index in [1.165, 1.54) is 19.1 Å². The molecule has 2 atom stereocenters. The summed E-state index contributed by atoms with van der Waals surface area (Å²) in [5.41, 5.74) is -4.18. The van der Waals surface area contributed by atoms with E-state index in [0.717, 1.165) is 24.4 Å². The first kappa shape index (κ1) is 44.7. The number of ether oxygens (including phenoxy) is 1. The van der Waals surface area contributed by atoms with Gasteiger partial charge in [-0.3, -0.25) is 14.4 Å². The predicted octanol–water partition coefficient (Wildman–Crippen LogP) is 9.45. The molecule has 2 N–H and O–H groups in total. The zero-order valence-electron chi connectivity index (χ0n) is 31.5. The smallest absolute Gasteiger partial charge is 0.417 e. The standard InChI is InChI=1S/C41H48F7N3O4/c1-7-10-11-12-15-25-19-28(42)18-24(4)34(25)27-20-30(37(43)31(21-27)38(44)45)32(22-33(52)55-9-3)50-39(53)29(14-8-2)35-36(41(46,47)48)26(23-49-40(35)54)16-13-17-51(5)6/h7-8,18-21,23,29,32,38H,1-2,9-17,22H2,3-6H3,(H,49,54)(H,50,53)/t29-,32-/m0/s1. The summed E-state index contributed by atoms with van der Waals surface area (Å²) in [5, 5.41) is 2.39. The number of nitrogens with zero attached hydrogens (tertiary/aromatic N) is 1. The van der Waals surface area contributed by atoms with Crippen LogP contribution in [-0.4, -0.2) is 49.0 Å². The number of unbranched alkanes of at least 4 members (excludes halogenated alkanes) is 2. The van der Waals surface area contributed by atoms with Crippen LogP contribution < -0.4 is 10.9 Å². The maximum Gasteiger partial charge on any atom is 0.417 e. The fourth-order valence-corrected chi connectivity index (χ4v) is 6.71. The number of hydrogen-bond acceptors (Lipinski definition) is 5. The molecule has 0 aliphatic carbocycles. The number of aromatic nitrogens is 1. The highest BCUT2D eigenvalue weighted by Gasteiger charge is 2.41. The summed E-state index contributed by atoms with van der Waals surface area (Å²) in [7, 11) is 3.49. The summed E-state index contributed by atoms with van der Waals surface area (Å²) in [5.74, 6) is -6.10. The van der Waals surface area contributed by atoms with Gasteiger partial charge in [-0.1, -0.05) is 12.2 Å². The molecule has 3 rings (SSSR count). The molecule has 1 amide bonds. The quantitative estimate of drug-likeness (QED) is 0.0516. The molecule has 2 aromatic carbocycles. The second-order valence-corrected chi connectivity index (χ2v) is 13.5. The van der Waals surface area contributed by atoms with Crippen molar-refractivity contribution in [2.45, 2.75) is 89.8 Å². The minimum atomic E-state index is -5.08. The molecule has 0 aliphatic heterocycles. The molecule has 0 radical (unpaired) electrons. The lowest BCUT2D eigenvalue weighted by Crippen LogP contribution is -2.38. The molecule has 0 bridgehead atoms. The van der Waals surface area contributed by atoms with Gasteiger partial charge in [0.05, 0.1) is 36.1 Å². The lowest BCUT2D eigenvalue weighted by Gasteiger charge is -2.26. The third-order valence-corrected chi connectivity index (χ3v) is 9.12. The Bertz CT molecular complexity index is 1890. The first-order chi connectivity index (χ1) is 25.9. The third-order valence-electron chi connectivity index (χ3n) is 9.12. The average Bonchev–Trinajstić information content (AvgIpc) is 3.09. The molecule has 14 heteroatoms. The number of H-pyrrole nitrogens is 1. The Morgan fingerprint density at radius 1 is 0.982 bits per heavy atom. The maximum absolute atomic E-state index is 16.2. The zero-order valence-corrected chi connectivity index (χ0v) is 31.5. The SMILES string of the molecule is C=CCCCCc1cc(F)cc(C)c1-c1cc(C(F)F)c(F)c([C@H](CC(=O)OCC)NC(=O)[C@@H](CC=C)c2c(C(F)(F)F)c(CCCN(C)C)c[nH]c2=O)c1. The number of carbonyl (C=O) groups is 2. The fourth-order valence-electron chi connectivity index (χ4n) is 6.71. The Kier molecular flexibility index (Phi) is 16.5. The number of allylic oxidation sites excluding steroid dienone is 2. The molecule has 0 saturated heterocycles. The van der Waals surface area contributed by atoms with E-state index in [-0.39, 0.29) is 30.6 Å². The highest BCUT2D eigenvalue weighted by Crippen LogP contribution is 2.40. The summed E-state index contributed by atoms with van der Waals surface area (Å²) >= 11 is 0. The Morgan fingerprint density at radius 2 is 1.65 bits per heavy atom. The van der Waals surface area contributed by atoms with Gasteiger partial charge in [0, 0.05) is 17.3 Å². The number of esters is 1. The third kappa shape index (κ3) is 11.9. The van der Waals surface area contributed by atoms with Gasteiger partial charge in [-0.2, -0.15) is 13.2 Å². The van der Waals surface area contributed by atoms with Gasteiger partial charge < -0.3 is 19.9 Å². The van der Waals surface area contributed by atoms with Gasteiger partial charge in [-0.05, 0) is 132 Å². The van der Waals surface area contributed by atoms with Crippen LogP contribution in [0.3, 0.4) is 0 Å². The number of alkyl halides is 5. The zero-order chi connectivity index (χ0) is 41.0. The summed E-state index contributed by atoms with van der Waals surface area (Å²) < 4.78 is 109. The van der Waals surface area contributed by atoms with Crippen LogP contribution in [0.25, 0.3) is 11.1 Å². The van der Waals surface area contributed by atoms with E-state index in [1.807, 2.05) is 0 Å². The number of aromatic amines is 1. The van der Waals surface area contributed by atoms with Crippen molar-refractivity contribution in [1.29, 1.82) is 0 Å². The van der Waals surface area contributed by atoms with Crippen LogP contribution >= 0.6 is 0 Å². The number of carbonyl (C=O) groups excluding carboxylic acids is 2. The van der Waals surface area contributed by atoms with Gasteiger partial charge >= 0.3 is 12.1 Å². The van der Waals surface area contributed by atoms with E-state index in [9.17, 15) is 40.7 Å². The van der Waals surface area contributed by atoms with Crippen molar-refractivity contribution in [1.82, 2.24) is 15.2 Å². The normalized spacial score (nSPS) is 12.8. The molecule has 7 nitrogen and oxygen atoms in total. The lowest BCUT2D eigenvalue weighted by atomic mass is 9.86. The van der Waals surface area contributed by atoms with Crippen LogP contribution in [0, 0.1) is 18.6 Å². The van der Waals surface area contributed by atoms with Gasteiger partial charge in [0.25, 0.3) is 12.0 Å².